The highest BCUT2D eigenvalue weighted by molar-refractivity contribution is 6.63. The van der Waals surface area contributed by atoms with Gasteiger partial charge in [0.25, 0.3) is 0 Å². The van der Waals surface area contributed by atoms with Crippen LogP contribution in [0.25, 0.3) is 0 Å². The quantitative estimate of drug-likeness (QED) is 0.410. The fourth-order valence-corrected chi connectivity index (χ4v) is 0.380. The van der Waals surface area contributed by atoms with Gasteiger partial charge in [-0.25, -0.2) is 0 Å². The van der Waals surface area contributed by atoms with Crippen molar-refractivity contribution in [2.75, 3.05) is 0 Å². The van der Waals surface area contributed by atoms with Crippen LogP contribution in [-0.2, 0) is 4.79 Å². The Balaban J connectivity index is 3.14. The molecule has 0 saturated heterocycles. The molecule has 0 radical (unpaired) electrons. The second kappa shape index (κ2) is 4.67. The Morgan fingerprint density at radius 1 is 1.75 bits per heavy atom. The highest BCUT2D eigenvalue weighted by Crippen LogP contribution is 1.91. The van der Waals surface area contributed by atoms with Crippen LogP contribution in [-0.4, -0.2) is 5.24 Å². The first-order valence-corrected chi connectivity index (χ1v) is 2.73. The summed E-state index contributed by atoms with van der Waals surface area (Å²) in [7, 11) is 0. The summed E-state index contributed by atoms with van der Waals surface area (Å²) in [6, 6.07) is 0. The van der Waals surface area contributed by atoms with E-state index < -0.39 is 0 Å². The van der Waals surface area contributed by atoms with Gasteiger partial charge < -0.3 is 0 Å². The number of hydrogen-bond acceptors (Lipinski definition) is 1. The minimum absolute atomic E-state index is 0.312. The van der Waals surface area contributed by atoms with E-state index in [4.69, 9.17) is 11.6 Å². The highest BCUT2D eigenvalue weighted by Gasteiger charge is 1.89. The summed E-state index contributed by atoms with van der Waals surface area (Å²) in [6.45, 7) is 1.73. The summed E-state index contributed by atoms with van der Waals surface area (Å²) in [6.07, 6.45) is 0.946. The van der Waals surface area contributed by atoms with Crippen molar-refractivity contribution < 1.29 is 4.79 Å². The largest absolute Gasteiger partial charge is 0.281 e. The van der Waals surface area contributed by atoms with Crippen LogP contribution in [0, 0.1) is 11.8 Å². The molecule has 8 heavy (non-hydrogen) atoms. The van der Waals surface area contributed by atoms with Crippen molar-refractivity contribution in [2.24, 2.45) is 0 Å². The van der Waals surface area contributed by atoms with Crippen molar-refractivity contribution in [3.8, 4) is 11.8 Å². The van der Waals surface area contributed by atoms with Crippen molar-refractivity contribution in [3.63, 3.8) is 0 Å². The number of halogens is 1. The molecule has 0 unspecified atom stereocenters. The van der Waals surface area contributed by atoms with E-state index in [-0.39, 0.29) is 5.24 Å². The van der Waals surface area contributed by atoms with Gasteiger partial charge in [-0.3, -0.25) is 4.79 Å². The van der Waals surface area contributed by atoms with E-state index in [1.165, 1.54) is 0 Å². The molecule has 0 spiro atoms. The van der Waals surface area contributed by atoms with Gasteiger partial charge in [0.15, 0.2) is 0 Å². The molecule has 0 aliphatic rings. The van der Waals surface area contributed by atoms with Gasteiger partial charge in [-0.2, -0.15) is 0 Å². The van der Waals surface area contributed by atoms with Gasteiger partial charge in [0.1, 0.15) is 0 Å². The van der Waals surface area contributed by atoms with E-state index in [2.05, 4.69) is 11.8 Å². The van der Waals surface area contributed by atoms with Crippen molar-refractivity contribution in [1.82, 2.24) is 0 Å². The summed E-state index contributed by atoms with van der Waals surface area (Å²) < 4.78 is 0. The lowest BCUT2D eigenvalue weighted by molar-refractivity contribution is -0.111. The Kier molecular flexibility index (Phi) is 4.39. The molecule has 0 N–H and O–H groups in total. The Morgan fingerprint density at radius 2 is 2.38 bits per heavy atom. The average molecular weight is 131 g/mol. The van der Waals surface area contributed by atoms with Crippen LogP contribution in [0.3, 0.4) is 0 Å². The molecule has 0 heterocycles. The third kappa shape index (κ3) is 5.52. The standard InChI is InChI=1S/C6H7ClO/c1-2-3-4-5-6(7)8/h4-5H2,1H3. The molecule has 0 saturated carbocycles. The molecule has 1 nitrogen and oxygen atoms in total. The van der Waals surface area contributed by atoms with Gasteiger partial charge in [0.2, 0.25) is 5.24 Å². The van der Waals surface area contributed by atoms with Crippen molar-refractivity contribution >= 4 is 16.8 Å². The van der Waals surface area contributed by atoms with Gasteiger partial charge in [-0.1, -0.05) is 0 Å². The molecule has 0 aromatic rings. The maximum absolute atomic E-state index is 10.0. The molecule has 44 valence electrons. The molecule has 0 aromatic heterocycles. The minimum Gasteiger partial charge on any atom is -0.281 e. The summed E-state index contributed by atoms with van der Waals surface area (Å²) in [5.74, 6) is 5.39. The van der Waals surface area contributed by atoms with Gasteiger partial charge in [0.05, 0.1) is 0 Å². The summed E-state index contributed by atoms with van der Waals surface area (Å²) in [5.41, 5.74) is 0. The lowest BCUT2D eigenvalue weighted by atomic mass is 10.3. The van der Waals surface area contributed by atoms with E-state index >= 15 is 0 Å². The van der Waals surface area contributed by atoms with E-state index in [9.17, 15) is 4.79 Å². The maximum Gasteiger partial charge on any atom is 0.222 e. The van der Waals surface area contributed by atoms with E-state index in [1.54, 1.807) is 6.92 Å². The topological polar surface area (TPSA) is 17.1 Å². The van der Waals surface area contributed by atoms with E-state index in [0.717, 1.165) is 0 Å². The van der Waals surface area contributed by atoms with Crippen molar-refractivity contribution in [3.05, 3.63) is 0 Å². The molecule has 0 bridgehead atoms. The second-order valence-electron chi connectivity index (χ2n) is 1.28. The van der Waals surface area contributed by atoms with Crippen LogP contribution >= 0.6 is 11.6 Å². The molecule has 0 aliphatic carbocycles. The highest BCUT2D eigenvalue weighted by atomic mass is 35.5. The number of hydrogen-bond donors (Lipinski definition) is 0. The Labute approximate surface area is 54.0 Å². The number of rotatable bonds is 2. The summed E-state index contributed by atoms with van der Waals surface area (Å²) in [4.78, 5) is 10.0. The van der Waals surface area contributed by atoms with Crippen LogP contribution in [0.5, 0.6) is 0 Å². The predicted octanol–water partition coefficient (Wildman–Crippen LogP) is 1.56. The monoisotopic (exact) mass is 130 g/mol. The third-order valence-corrected chi connectivity index (χ3v) is 0.812. The summed E-state index contributed by atoms with van der Waals surface area (Å²) >= 11 is 5.01. The first-order chi connectivity index (χ1) is 3.77. The van der Waals surface area contributed by atoms with E-state index in [1.807, 2.05) is 0 Å². The molecule has 0 aromatic carbocycles. The molecule has 2 heteroatoms. The maximum atomic E-state index is 10.0. The smallest absolute Gasteiger partial charge is 0.222 e. The van der Waals surface area contributed by atoms with Gasteiger partial charge in [-0.15, -0.1) is 11.8 Å². The van der Waals surface area contributed by atoms with Crippen LogP contribution in [0.15, 0.2) is 0 Å². The minimum atomic E-state index is -0.312. The molecular formula is C6H7ClO. The molecular weight excluding hydrogens is 124 g/mol. The van der Waals surface area contributed by atoms with Crippen molar-refractivity contribution in [1.29, 1.82) is 0 Å². The third-order valence-electron chi connectivity index (χ3n) is 0.623. The van der Waals surface area contributed by atoms with E-state index in [0.29, 0.717) is 12.8 Å². The normalized spacial score (nSPS) is 7.25. The Bertz CT molecular complexity index is 129. The zero-order chi connectivity index (χ0) is 6.41. The first-order valence-electron chi connectivity index (χ1n) is 2.35. The second-order valence-corrected chi connectivity index (χ2v) is 1.70. The van der Waals surface area contributed by atoms with Crippen LogP contribution in [0.4, 0.5) is 0 Å². The molecule has 0 fully saturated rings. The number of carbonyl (C=O) groups excluding carboxylic acids is 1. The number of carbonyl (C=O) groups is 1. The molecule has 0 aliphatic heterocycles. The van der Waals surface area contributed by atoms with Crippen LogP contribution in [0.1, 0.15) is 19.8 Å². The fraction of sp³-hybridized carbons (Fsp3) is 0.500. The lowest BCUT2D eigenvalue weighted by Gasteiger charge is -1.79. The van der Waals surface area contributed by atoms with Gasteiger partial charge in [0, 0.05) is 12.8 Å². The zero-order valence-electron chi connectivity index (χ0n) is 4.70. The van der Waals surface area contributed by atoms with Gasteiger partial charge in [-0.05, 0) is 18.5 Å². The Hall–Kier alpha value is -0.480. The molecule has 0 atom stereocenters. The lowest BCUT2D eigenvalue weighted by Crippen LogP contribution is -1.81. The first kappa shape index (κ1) is 7.52. The average Bonchev–Trinajstić information content (AvgIpc) is 1.66. The van der Waals surface area contributed by atoms with Crippen molar-refractivity contribution in [2.45, 2.75) is 19.8 Å². The fourth-order valence-electron chi connectivity index (χ4n) is 0.286. The van der Waals surface area contributed by atoms with Crippen LogP contribution in [0.2, 0.25) is 0 Å². The van der Waals surface area contributed by atoms with Gasteiger partial charge >= 0.3 is 0 Å². The molecule has 0 amide bonds. The predicted molar refractivity (Wildman–Crippen MR) is 33.5 cm³/mol. The molecule has 0 rings (SSSR count). The zero-order valence-corrected chi connectivity index (χ0v) is 5.46. The SMILES string of the molecule is CC#CCCC(=O)Cl. The van der Waals surface area contributed by atoms with Crippen LogP contribution < -0.4 is 0 Å². The Morgan fingerprint density at radius 3 is 2.75 bits per heavy atom. The summed E-state index contributed by atoms with van der Waals surface area (Å²) in [5, 5.41) is -0.312.